The summed E-state index contributed by atoms with van der Waals surface area (Å²) in [5, 5.41) is 15.4. The van der Waals surface area contributed by atoms with Crippen molar-refractivity contribution in [1.29, 1.82) is 0 Å². The summed E-state index contributed by atoms with van der Waals surface area (Å²) in [6.07, 6.45) is 1.73. The van der Waals surface area contributed by atoms with Crippen molar-refractivity contribution in [1.82, 2.24) is 35.2 Å². The van der Waals surface area contributed by atoms with E-state index in [4.69, 9.17) is 5.73 Å². The molecule has 9 nitrogen and oxygen atoms in total. The lowest BCUT2D eigenvalue weighted by Crippen LogP contribution is -2.07. The quantitative estimate of drug-likeness (QED) is 0.484. The van der Waals surface area contributed by atoms with Gasteiger partial charge in [-0.05, 0) is 29.0 Å². The van der Waals surface area contributed by atoms with Gasteiger partial charge in [-0.25, -0.2) is 4.68 Å². The van der Waals surface area contributed by atoms with Gasteiger partial charge >= 0.3 is 0 Å². The highest BCUT2D eigenvalue weighted by Crippen LogP contribution is 2.21. The predicted octanol–water partition coefficient (Wildman–Crippen LogP) is 1.97. The number of nitrogens with zero attached hydrogens (tertiary/aromatic N) is 7. The molecule has 0 spiro atoms. The Kier molecular flexibility index (Phi) is 5.19. The highest BCUT2D eigenvalue weighted by Gasteiger charge is 2.10. The van der Waals surface area contributed by atoms with E-state index < -0.39 is 0 Å². The van der Waals surface area contributed by atoms with Crippen LogP contribution in [0.25, 0.3) is 0 Å². The standard InChI is InChI=1S/C15H17N9S/c1-3-8-24-15(21-22-23-24)25-9-12-18-13(16)20-14(19-12)17-11-7-5-4-6-10(11)2/h3-7H,1,8-9H2,2H3,(H3,16,17,18,19,20). The first-order valence-electron chi connectivity index (χ1n) is 7.48. The molecule has 3 aromatic rings. The van der Waals surface area contributed by atoms with Gasteiger partial charge in [-0.2, -0.15) is 15.0 Å². The third kappa shape index (κ3) is 4.29. The third-order valence-electron chi connectivity index (χ3n) is 3.22. The predicted molar refractivity (Wildman–Crippen MR) is 96.3 cm³/mol. The maximum atomic E-state index is 5.81. The zero-order valence-electron chi connectivity index (χ0n) is 13.6. The Morgan fingerprint density at radius 2 is 2.12 bits per heavy atom. The van der Waals surface area contributed by atoms with E-state index in [0.717, 1.165) is 11.3 Å². The fourth-order valence-corrected chi connectivity index (χ4v) is 2.80. The van der Waals surface area contributed by atoms with Gasteiger partial charge in [0.05, 0.1) is 12.3 Å². The molecule has 0 aliphatic carbocycles. The van der Waals surface area contributed by atoms with Gasteiger partial charge in [0.15, 0.2) is 0 Å². The molecule has 10 heteroatoms. The van der Waals surface area contributed by atoms with Crippen LogP contribution in [0.1, 0.15) is 11.4 Å². The molecule has 128 valence electrons. The summed E-state index contributed by atoms with van der Waals surface area (Å²) in [7, 11) is 0. The number of para-hydroxylation sites is 1. The smallest absolute Gasteiger partial charge is 0.232 e. The van der Waals surface area contributed by atoms with E-state index >= 15 is 0 Å². The van der Waals surface area contributed by atoms with Crippen LogP contribution in [-0.2, 0) is 12.3 Å². The Morgan fingerprint density at radius 3 is 2.92 bits per heavy atom. The van der Waals surface area contributed by atoms with Crippen molar-refractivity contribution in [2.75, 3.05) is 11.1 Å². The van der Waals surface area contributed by atoms with Crippen molar-refractivity contribution in [3.8, 4) is 0 Å². The van der Waals surface area contributed by atoms with Gasteiger partial charge < -0.3 is 11.1 Å². The summed E-state index contributed by atoms with van der Waals surface area (Å²) >= 11 is 1.42. The van der Waals surface area contributed by atoms with Crippen LogP contribution in [-0.4, -0.2) is 35.2 Å². The number of aromatic nitrogens is 7. The summed E-state index contributed by atoms with van der Waals surface area (Å²) in [5.41, 5.74) is 7.81. The summed E-state index contributed by atoms with van der Waals surface area (Å²) in [5.74, 6) is 1.57. The van der Waals surface area contributed by atoms with Crippen molar-refractivity contribution in [3.63, 3.8) is 0 Å². The topological polar surface area (TPSA) is 120 Å². The van der Waals surface area contributed by atoms with Gasteiger partial charge in [-0.1, -0.05) is 36.0 Å². The number of benzene rings is 1. The van der Waals surface area contributed by atoms with Crippen molar-refractivity contribution < 1.29 is 0 Å². The average molecular weight is 355 g/mol. The number of nitrogen functional groups attached to an aromatic ring is 1. The number of nitrogens with two attached hydrogens (primary N) is 1. The molecule has 3 N–H and O–H groups in total. The van der Waals surface area contributed by atoms with Gasteiger partial charge in [-0.3, -0.25) is 0 Å². The molecule has 0 aliphatic heterocycles. The minimum atomic E-state index is 0.160. The van der Waals surface area contributed by atoms with Crippen LogP contribution < -0.4 is 11.1 Å². The molecule has 0 unspecified atom stereocenters. The van der Waals surface area contributed by atoms with E-state index in [1.54, 1.807) is 10.8 Å². The molecule has 1 aromatic carbocycles. The van der Waals surface area contributed by atoms with Gasteiger partial charge in [-0.15, -0.1) is 11.7 Å². The Morgan fingerprint density at radius 1 is 1.28 bits per heavy atom. The van der Waals surface area contributed by atoms with Crippen LogP contribution in [0, 0.1) is 6.92 Å². The minimum Gasteiger partial charge on any atom is -0.368 e. The monoisotopic (exact) mass is 355 g/mol. The summed E-state index contributed by atoms with van der Waals surface area (Å²) in [6, 6.07) is 7.87. The molecule has 0 radical (unpaired) electrons. The van der Waals surface area contributed by atoms with Gasteiger partial charge in [0.1, 0.15) is 5.82 Å². The largest absolute Gasteiger partial charge is 0.368 e. The van der Waals surface area contributed by atoms with Crippen molar-refractivity contribution in [3.05, 3.63) is 48.3 Å². The lowest BCUT2D eigenvalue weighted by atomic mass is 10.2. The molecular formula is C15H17N9S. The zero-order chi connectivity index (χ0) is 17.6. The van der Waals surface area contributed by atoms with Gasteiger partial charge in [0, 0.05) is 5.69 Å². The molecule has 0 bridgehead atoms. The molecule has 3 rings (SSSR count). The summed E-state index contributed by atoms with van der Waals surface area (Å²) in [4.78, 5) is 12.7. The molecule has 2 heterocycles. The third-order valence-corrected chi connectivity index (χ3v) is 4.18. The number of hydrogen-bond donors (Lipinski definition) is 2. The van der Waals surface area contributed by atoms with Crippen LogP contribution in [0.3, 0.4) is 0 Å². The lowest BCUT2D eigenvalue weighted by Gasteiger charge is -2.09. The van der Waals surface area contributed by atoms with E-state index in [2.05, 4.69) is 42.4 Å². The first kappa shape index (κ1) is 16.8. The van der Waals surface area contributed by atoms with E-state index in [-0.39, 0.29) is 5.95 Å². The number of thioether (sulfide) groups is 1. The number of rotatable bonds is 7. The SMILES string of the molecule is C=CCn1nnnc1SCc1nc(N)nc(Nc2ccccc2C)n1. The Balaban J connectivity index is 1.74. The number of nitrogens with one attached hydrogen (secondary N) is 1. The molecule has 0 atom stereocenters. The lowest BCUT2D eigenvalue weighted by molar-refractivity contribution is 0.614. The van der Waals surface area contributed by atoms with Crippen LogP contribution in [0.5, 0.6) is 0 Å². The van der Waals surface area contributed by atoms with Gasteiger partial charge in [0.25, 0.3) is 0 Å². The average Bonchev–Trinajstić information content (AvgIpc) is 3.02. The minimum absolute atomic E-state index is 0.160. The number of aryl methyl sites for hydroxylation is 1. The summed E-state index contributed by atoms with van der Waals surface area (Å²) < 4.78 is 1.65. The molecule has 0 aliphatic rings. The molecule has 0 amide bonds. The fraction of sp³-hybridized carbons (Fsp3) is 0.200. The van der Waals surface area contributed by atoms with E-state index in [1.165, 1.54) is 11.8 Å². The van der Waals surface area contributed by atoms with E-state index in [9.17, 15) is 0 Å². The fourth-order valence-electron chi connectivity index (χ4n) is 2.06. The Hall–Kier alpha value is -3.01. The first-order valence-corrected chi connectivity index (χ1v) is 8.47. The second kappa shape index (κ2) is 7.71. The van der Waals surface area contributed by atoms with Crippen LogP contribution >= 0.6 is 11.8 Å². The molecule has 25 heavy (non-hydrogen) atoms. The van der Waals surface area contributed by atoms with Gasteiger partial charge in [0.2, 0.25) is 17.1 Å². The molecule has 2 aromatic heterocycles. The Labute approximate surface area is 148 Å². The molecule has 0 saturated heterocycles. The zero-order valence-corrected chi connectivity index (χ0v) is 14.4. The highest BCUT2D eigenvalue weighted by atomic mass is 32.2. The first-order chi connectivity index (χ1) is 12.2. The second-order valence-corrected chi connectivity index (χ2v) is 6.04. The number of hydrogen-bond acceptors (Lipinski definition) is 9. The summed E-state index contributed by atoms with van der Waals surface area (Å²) in [6.45, 7) is 6.22. The maximum Gasteiger partial charge on any atom is 0.232 e. The van der Waals surface area contributed by atoms with Crippen molar-refractivity contribution in [2.24, 2.45) is 0 Å². The maximum absolute atomic E-state index is 5.81. The normalized spacial score (nSPS) is 10.6. The Bertz CT molecular complexity index is 877. The van der Waals surface area contributed by atoms with Crippen molar-refractivity contribution >= 4 is 29.3 Å². The second-order valence-electron chi connectivity index (χ2n) is 5.09. The van der Waals surface area contributed by atoms with E-state index in [0.29, 0.717) is 29.2 Å². The van der Waals surface area contributed by atoms with E-state index in [1.807, 2.05) is 31.2 Å². The number of anilines is 3. The van der Waals surface area contributed by atoms with Crippen LogP contribution in [0.4, 0.5) is 17.6 Å². The molecular weight excluding hydrogens is 338 g/mol. The molecule has 0 fully saturated rings. The van der Waals surface area contributed by atoms with Crippen molar-refractivity contribution in [2.45, 2.75) is 24.4 Å². The highest BCUT2D eigenvalue weighted by molar-refractivity contribution is 7.98. The van der Waals surface area contributed by atoms with Crippen LogP contribution in [0.15, 0.2) is 42.1 Å². The molecule has 0 saturated carbocycles. The number of tetrazole rings is 1. The number of allylic oxidation sites excluding steroid dienone is 1. The van der Waals surface area contributed by atoms with Crippen LogP contribution in [0.2, 0.25) is 0 Å².